The molecule has 3 saturated heterocycles. The molecule has 9 atom stereocenters. The molecule has 0 aromatic rings. The Hall–Kier alpha value is -2.75. The maximum atomic E-state index is 12.8. The standard InChI is InChI=1S/C15H24N2O7S.C10H15NO4.4CH4/c1-6(2)10(19)15(11(20)7(3)12(21)17-15)14(24)25-5-9(13(22)23)16-8(4)18;1-4(2)6(12)10-7(15-9(10)14)5(3)8(13)11-10;;;;/h6-7,9-11,19-20H,5H2,1-4H3,(H,16,18)(H,17,21)(H,22,23);4-7,12H,1-3H3,(H,11,13);4*1H4/t7-,9+,10+,11+,15-;5-,6+,7+,10-;;;;/m11..../s1. The Morgan fingerprint density at radius 2 is 1.39 bits per heavy atom. The van der Waals surface area contributed by atoms with Crippen LogP contribution in [-0.4, -0.2) is 102 Å². The first-order valence-corrected chi connectivity index (χ1v) is 13.9. The third-order valence-electron chi connectivity index (χ3n) is 7.49. The van der Waals surface area contributed by atoms with Crippen LogP contribution in [0, 0.1) is 23.7 Å². The number of carboxylic acids is 1. The Bertz CT molecular complexity index is 1060. The number of carboxylic acid groups (broad SMARTS) is 1. The Balaban J connectivity index is -0.000000766. The third-order valence-corrected chi connectivity index (χ3v) is 8.59. The van der Waals surface area contributed by atoms with Crippen molar-refractivity contribution in [3.8, 4) is 0 Å². The quantitative estimate of drug-likeness (QED) is 0.171. The summed E-state index contributed by atoms with van der Waals surface area (Å²) in [7, 11) is 0. The summed E-state index contributed by atoms with van der Waals surface area (Å²) in [5.41, 5.74) is -3.11. The van der Waals surface area contributed by atoms with Crippen LogP contribution in [-0.2, 0) is 33.5 Å². The van der Waals surface area contributed by atoms with Crippen LogP contribution in [0.2, 0.25) is 0 Å². The monoisotopic (exact) mass is 653 g/mol. The molecular weight excluding hydrogens is 598 g/mol. The molecule has 0 unspecified atom stereocenters. The van der Waals surface area contributed by atoms with E-state index in [-0.39, 0.29) is 53.2 Å². The maximum absolute atomic E-state index is 12.8. The molecule has 15 heteroatoms. The van der Waals surface area contributed by atoms with E-state index in [9.17, 15) is 44.1 Å². The molecule has 0 aromatic carbocycles. The van der Waals surface area contributed by atoms with E-state index in [0.29, 0.717) is 11.8 Å². The SMILES string of the molecule is C.C.C.C.CC(=O)N[C@@H](CSC(=O)[C@]1([C@@H](O)C(C)C)NC(=O)[C@H](C)[C@@H]1O)C(=O)O.CC(C)[C@H](O)[C@@]12NC(=O)[C@H](C)[C@@H]1OC2=O. The highest BCUT2D eigenvalue weighted by Gasteiger charge is 2.71. The van der Waals surface area contributed by atoms with Crippen molar-refractivity contribution in [2.45, 2.75) is 120 Å². The Morgan fingerprint density at radius 3 is 1.73 bits per heavy atom. The number of aliphatic carboxylic acids is 1. The average Bonchev–Trinajstić information content (AvgIpc) is 3.22. The first-order valence-electron chi connectivity index (χ1n) is 12.9. The van der Waals surface area contributed by atoms with E-state index in [1.165, 1.54) is 6.92 Å². The molecule has 7 N–H and O–H groups in total. The fraction of sp³-hybridized carbons (Fsp3) is 0.793. The second-order valence-corrected chi connectivity index (χ2v) is 12.1. The molecule has 0 aliphatic carbocycles. The highest BCUT2D eigenvalue weighted by atomic mass is 32.2. The van der Waals surface area contributed by atoms with E-state index < -0.39 is 82.2 Å². The second kappa shape index (κ2) is 17.1. The number of esters is 1. The van der Waals surface area contributed by atoms with Gasteiger partial charge in [-0.15, -0.1) is 0 Å². The van der Waals surface area contributed by atoms with E-state index >= 15 is 0 Å². The van der Waals surface area contributed by atoms with Crippen LogP contribution in [0.3, 0.4) is 0 Å². The smallest absolute Gasteiger partial charge is 0.338 e. The van der Waals surface area contributed by atoms with Crippen LogP contribution in [0.1, 0.15) is 78.2 Å². The van der Waals surface area contributed by atoms with Crippen LogP contribution < -0.4 is 16.0 Å². The van der Waals surface area contributed by atoms with Gasteiger partial charge >= 0.3 is 11.9 Å². The van der Waals surface area contributed by atoms with Crippen molar-refractivity contribution in [1.29, 1.82) is 0 Å². The van der Waals surface area contributed by atoms with E-state index in [4.69, 9.17) is 9.84 Å². The molecule has 0 radical (unpaired) electrons. The second-order valence-electron chi connectivity index (χ2n) is 11.1. The molecule has 3 fully saturated rings. The summed E-state index contributed by atoms with van der Waals surface area (Å²) >= 11 is 0.535. The Labute approximate surface area is 265 Å². The van der Waals surface area contributed by atoms with Crippen LogP contribution in [0.15, 0.2) is 0 Å². The minimum atomic E-state index is -1.92. The topological polar surface area (TPSA) is 229 Å². The van der Waals surface area contributed by atoms with E-state index in [1.807, 2.05) is 0 Å². The van der Waals surface area contributed by atoms with Crippen molar-refractivity contribution in [3.05, 3.63) is 0 Å². The fourth-order valence-electron chi connectivity index (χ4n) is 5.02. The normalized spacial score (nSPS) is 30.0. The summed E-state index contributed by atoms with van der Waals surface area (Å²) in [6, 6.07) is -1.31. The molecule has 3 amide bonds. The number of aliphatic hydroxyl groups is 3. The zero-order valence-corrected chi connectivity index (χ0v) is 24.3. The molecule has 44 heavy (non-hydrogen) atoms. The van der Waals surface area contributed by atoms with Gasteiger partial charge in [0.1, 0.15) is 12.1 Å². The molecular formula is C29H55N3O11S. The predicted molar refractivity (Wildman–Crippen MR) is 167 cm³/mol. The number of carbonyl (C=O) groups is 6. The molecule has 0 spiro atoms. The highest BCUT2D eigenvalue weighted by molar-refractivity contribution is 8.13. The van der Waals surface area contributed by atoms with Crippen molar-refractivity contribution in [2.24, 2.45) is 23.7 Å². The van der Waals surface area contributed by atoms with Crippen LogP contribution >= 0.6 is 11.8 Å². The van der Waals surface area contributed by atoms with E-state index in [1.54, 1.807) is 34.6 Å². The van der Waals surface area contributed by atoms with Crippen molar-refractivity contribution in [2.75, 3.05) is 5.75 Å². The summed E-state index contributed by atoms with van der Waals surface area (Å²) in [4.78, 5) is 69.8. The number of rotatable bonds is 9. The van der Waals surface area contributed by atoms with Crippen molar-refractivity contribution in [3.63, 3.8) is 0 Å². The van der Waals surface area contributed by atoms with Gasteiger partial charge in [0, 0.05) is 12.7 Å². The number of hydrogen-bond acceptors (Lipinski definition) is 11. The number of carbonyl (C=O) groups excluding carboxylic acids is 5. The van der Waals surface area contributed by atoms with Crippen LogP contribution in [0.4, 0.5) is 0 Å². The first kappa shape index (κ1) is 45.7. The molecule has 3 rings (SSSR count). The van der Waals surface area contributed by atoms with Crippen molar-refractivity contribution in [1.82, 2.24) is 16.0 Å². The lowest BCUT2D eigenvalue weighted by atomic mass is 9.76. The van der Waals surface area contributed by atoms with Gasteiger partial charge in [0.2, 0.25) is 28.4 Å². The van der Waals surface area contributed by atoms with E-state index in [2.05, 4.69) is 16.0 Å². The van der Waals surface area contributed by atoms with Crippen LogP contribution in [0.25, 0.3) is 0 Å². The fourth-order valence-corrected chi connectivity index (χ4v) is 6.10. The average molecular weight is 654 g/mol. The lowest BCUT2D eigenvalue weighted by Gasteiger charge is -2.46. The minimum absolute atomic E-state index is 0. The van der Waals surface area contributed by atoms with Gasteiger partial charge in [-0.05, 0) is 18.8 Å². The van der Waals surface area contributed by atoms with Gasteiger partial charge in [-0.1, -0.05) is 76.1 Å². The number of aliphatic hydroxyl groups excluding tert-OH is 3. The van der Waals surface area contributed by atoms with Gasteiger partial charge in [0.05, 0.1) is 30.1 Å². The van der Waals surface area contributed by atoms with Gasteiger partial charge in [-0.2, -0.15) is 0 Å². The summed E-state index contributed by atoms with van der Waals surface area (Å²) < 4.78 is 4.94. The first-order chi connectivity index (χ1) is 18.4. The number of hydrogen-bond donors (Lipinski definition) is 7. The van der Waals surface area contributed by atoms with Gasteiger partial charge in [0.15, 0.2) is 5.54 Å². The van der Waals surface area contributed by atoms with Gasteiger partial charge < -0.3 is 41.1 Å². The molecule has 3 aliphatic heterocycles. The number of amides is 3. The number of fused-ring (bicyclic) bond motifs is 1. The lowest BCUT2D eigenvalue weighted by molar-refractivity contribution is -0.207. The van der Waals surface area contributed by atoms with Crippen molar-refractivity contribution >= 4 is 46.5 Å². The lowest BCUT2D eigenvalue weighted by Crippen LogP contribution is -2.73. The third kappa shape index (κ3) is 8.09. The number of ether oxygens (including phenoxy) is 1. The zero-order valence-electron chi connectivity index (χ0n) is 23.5. The molecule has 14 nitrogen and oxygen atoms in total. The van der Waals surface area contributed by atoms with Gasteiger partial charge in [0.25, 0.3) is 0 Å². The zero-order chi connectivity index (χ0) is 30.9. The summed E-state index contributed by atoms with van der Waals surface area (Å²) in [6.45, 7) is 11.1. The molecule has 258 valence electrons. The van der Waals surface area contributed by atoms with Gasteiger partial charge in [-0.3, -0.25) is 19.2 Å². The van der Waals surface area contributed by atoms with E-state index in [0.717, 1.165) is 6.92 Å². The van der Waals surface area contributed by atoms with Crippen molar-refractivity contribution < 1.29 is 53.9 Å². The largest absolute Gasteiger partial charge is 0.480 e. The number of nitrogens with one attached hydrogen (secondary N) is 3. The highest BCUT2D eigenvalue weighted by Crippen LogP contribution is 2.42. The van der Waals surface area contributed by atoms with Crippen LogP contribution in [0.5, 0.6) is 0 Å². The van der Waals surface area contributed by atoms with Gasteiger partial charge in [-0.25, -0.2) is 9.59 Å². The summed E-state index contributed by atoms with van der Waals surface area (Å²) in [6.07, 6.45) is -4.23. The summed E-state index contributed by atoms with van der Waals surface area (Å²) in [5.74, 6) is -5.36. The summed E-state index contributed by atoms with van der Waals surface area (Å²) in [5, 5.41) is 46.4. The Morgan fingerprint density at radius 1 is 0.909 bits per heavy atom. The molecule has 0 saturated carbocycles. The Kier molecular flexibility index (Phi) is 17.7. The number of thioether (sulfide) groups is 1. The maximum Gasteiger partial charge on any atom is 0.338 e. The molecule has 3 heterocycles. The predicted octanol–water partition coefficient (Wildman–Crippen LogP) is 0.696. The molecule has 0 aromatic heterocycles. The molecule has 0 bridgehead atoms. The minimum Gasteiger partial charge on any atom is -0.480 e. The molecule has 3 aliphatic rings.